The van der Waals surface area contributed by atoms with Crippen molar-refractivity contribution in [3.05, 3.63) is 66.0 Å². The van der Waals surface area contributed by atoms with E-state index in [2.05, 4.69) is 22.5 Å². The maximum absolute atomic E-state index is 5.59. The van der Waals surface area contributed by atoms with E-state index in [4.69, 9.17) is 5.84 Å². The van der Waals surface area contributed by atoms with Crippen LogP contribution in [0.5, 0.6) is 0 Å². The number of nitrogens with one attached hydrogen (secondary N) is 1. The van der Waals surface area contributed by atoms with Gasteiger partial charge >= 0.3 is 0 Å². The quantitative estimate of drug-likeness (QED) is 0.604. The summed E-state index contributed by atoms with van der Waals surface area (Å²) in [4.78, 5) is 4.31. The van der Waals surface area contributed by atoms with Crippen LogP contribution in [0, 0.1) is 0 Å². The van der Waals surface area contributed by atoms with Crippen LogP contribution in [0.4, 0.5) is 0 Å². The van der Waals surface area contributed by atoms with Gasteiger partial charge in [0.05, 0.1) is 0 Å². The number of hydrogen-bond acceptors (Lipinski definition) is 3. The van der Waals surface area contributed by atoms with E-state index >= 15 is 0 Å². The van der Waals surface area contributed by atoms with Crippen molar-refractivity contribution in [2.45, 2.75) is 18.9 Å². The standard InChI is InChI=1S/C14H17N3/c15-17-14(10-12-6-2-1-3-7-12)11-13-8-4-5-9-16-13/h1-9,14,17H,10-11,15H2. The molecule has 3 N–H and O–H groups in total. The van der Waals surface area contributed by atoms with Gasteiger partial charge in [-0.25, -0.2) is 0 Å². The van der Waals surface area contributed by atoms with E-state index in [0.29, 0.717) is 0 Å². The second-order valence-electron chi connectivity index (χ2n) is 4.08. The molecule has 0 fully saturated rings. The lowest BCUT2D eigenvalue weighted by Gasteiger charge is -2.15. The number of benzene rings is 1. The van der Waals surface area contributed by atoms with Crippen LogP contribution >= 0.6 is 0 Å². The lowest BCUT2D eigenvalue weighted by atomic mass is 10.0. The highest BCUT2D eigenvalue weighted by molar-refractivity contribution is 5.16. The molecule has 0 spiro atoms. The van der Waals surface area contributed by atoms with Crippen molar-refractivity contribution in [1.82, 2.24) is 10.4 Å². The van der Waals surface area contributed by atoms with Crippen LogP contribution in [0.25, 0.3) is 0 Å². The summed E-state index contributed by atoms with van der Waals surface area (Å²) in [5.74, 6) is 5.59. The number of hydrazine groups is 1. The lowest BCUT2D eigenvalue weighted by molar-refractivity contribution is 0.517. The molecule has 0 saturated carbocycles. The SMILES string of the molecule is NNC(Cc1ccccc1)Cc1ccccn1. The van der Waals surface area contributed by atoms with Crippen molar-refractivity contribution in [2.75, 3.05) is 0 Å². The van der Waals surface area contributed by atoms with Crippen LogP contribution in [-0.2, 0) is 12.8 Å². The minimum atomic E-state index is 0.215. The fourth-order valence-corrected chi connectivity index (χ4v) is 1.86. The molecule has 0 aliphatic rings. The summed E-state index contributed by atoms with van der Waals surface area (Å²) in [6, 6.07) is 16.5. The van der Waals surface area contributed by atoms with Crippen LogP contribution < -0.4 is 11.3 Å². The first-order valence-corrected chi connectivity index (χ1v) is 5.78. The highest BCUT2D eigenvalue weighted by atomic mass is 15.2. The van der Waals surface area contributed by atoms with Gasteiger partial charge in [0, 0.05) is 24.4 Å². The number of aromatic nitrogens is 1. The van der Waals surface area contributed by atoms with Gasteiger partial charge in [-0.2, -0.15) is 0 Å². The zero-order valence-corrected chi connectivity index (χ0v) is 9.71. The minimum absolute atomic E-state index is 0.215. The summed E-state index contributed by atoms with van der Waals surface area (Å²) in [5.41, 5.74) is 5.20. The molecule has 0 aliphatic heterocycles. The highest BCUT2D eigenvalue weighted by Gasteiger charge is 2.09. The summed E-state index contributed by atoms with van der Waals surface area (Å²) < 4.78 is 0. The molecule has 1 aromatic carbocycles. The van der Waals surface area contributed by atoms with Gasteiger partial charge in [0.15, 0.2) is 0 Å². The summed E-state index contributed by atoms with van der Waals surface area (Å²) in [7, 11) is 0. The monoisotopic (exact) mass is 227 g/mol. The third-order valence-electron chi connectivity index (χ3n) is 2.74. The molecule has 88 valence electrons. The minimum Gasteiger partial charge on any atom is -0.271 e. The van der Waals surface area contributed by atoms with Gasteiger partial charge in [0.25, 0.3) is 0 Å². The normalized spacial score (nSPS) is 12.3. The van der Waals surface area contributed by atoms with E-state index < -0.39 is 0 Å². The Morgan fingerprint density at radius 3 is 2.41 bits per heavy atom. The molecule has 3 nitrogen and oxygen atoms in total. The van der Waals surface area contributed by atoms with Crippen LogP contribution in [0.15, 0.2) is 54.7 Å². The predicted octanol–water partition coefficient (Wildman–Crippen LogP) is 1.70. The molecule has 0 amide bonds. The second kappa shape index (κ2) is 6.13. The van der Waals surface area contributed by atoms with Gasteiger partial charge in [0.2, 0.25) is 0 Å². The molecule has 17 heavy (non-hydrogen) atoms. The van der Waals surface area contributed by atoms with E-state index in [0.717, 1.165) is 18.5 Å². The van der Waals surface area contributed by atoms with E-state index in [-0.39, 0.29) is 6.04 Å². The van der Waals surface area contributed by atoms with Gasteiger partial charge in [-0.1, -0.05) is 36.4 Å². The molecular formula is C14H17N3. The van der Waals surface area contributed by atoms with Crippen molar-refractivity contribution >= 4 is 0 Å². The molecule has 3 heteroatoms. The smallest absolute Gasteiger partial charge is 0.0419 e. The first kappa shape index (κ1) is 11.8. The first-order valence-electron chi connectivity index (χ1n) is 5.78. The number of nitrogens with zero attached hydrogens (tertiary/aromatic N) is 1. The summed E-state index contributed by atoms with van der Waals surface area (Å²) in [6.07, 6.45) is 3.56. The Labute approximate surface area is 102 Å². The third kappa shape index (κ3) is 3.66. The van der Waals surface area contributed by atoms with Crippen molar-refractivity contribution in [3.63, 3.8) is 0 Å². The topological polar surface area (TPSA) is 50.9 Å². The Bertz CT molecular complexity index is 386. The Hall–Kier alpha value is -1.71. The van der Waals surface area contributed by atoms with E-state index in [9.17, 15) is 0 Å². The predicted molar refractivity (Wildman–Crippen MR) is 69.2 cm³/mol. The summed E-state index contributed by atoms with van der Waals surface area (Å²) >= 11 is 0. The van der Waals surface area contributed by atoms with Crippen LogP contribution in [0.3, 0.4) is 0 Å². The molecule has 1 aromatic heterocycles. The highest BCUT2D eigenvalue weighted by Crippen LogP contribution is 2.06. The van der Waals surface area contributed by atoms with Gasteiger partial charge in [-0.15, -0.1) is 0 Å². The fourth-order valence-electron chi connectivity index (χ4n) is 1.86. The second-order valence-corrected chi connectivity index (χ2v) is 4.08. The van der Waals surface area contributed by atoms with Gasteiger partial charge < -0.3 is 0 Å². The maximum atomic E-state index is 5.59. The van der Waals surface area contributed by atoms with Gasteiger partial charge in [0.1, 0.15) is 0 Å². The zero-order chi connectivity index (χ0) is 11.9. The molecule has 1 unspecified atom stereocenters. The number of rotatable bonds is 5. The average Bonchev–Trinajstić information content (AvgIpc) is 2.40. The average molecular weight is 227 g/mol. The largest absolute Gasteiger partial charge is 0.271 e. The van der Waals surface area contributed by atoms with Gasteiger partial charge in [-0.05, 0) is 24.1 Å². The van der Waals surface area contributed by atoms with Crippen molar-refractivity contribution in [3.8, 4) is 0 Å². The molecule has 1 heterocycles. The molecule has 2 rings (SSSR count). The third-order valence-corrected chi connectivity index (χ3v) is 2.74. The zero-order valence-electron chi connectivity index (χ0n) is 9.71. The Balaban J connectivity index is 1.98. The lowest BCUT2D eigenvalue weighted by Crippen LogP contribution is -2.38. The molecule has 0 radical (unpaired) electrons. The van der Waals surface area contributed by atoms with E-state index in [1.165, 1.54) is 5.56 Å². The molecule has 0 aliphatic carbocycles. The number of hydrogen-bond donors (Lipinski definition) is 2. The van der Waals surface area contributed by atoms with Crippen molar-refractivity contribution in [1.29, 1.82) is 0 Å². The molecular weight excluding hydrogens is 210 g/mol. The number of pyridine rings is 1. The van der Waals surface area contributed by atoms with Crippen LogP contribution in [0.1, 0.15) is 11.3 Å². The van der Waals surface area contributed by atoms with Crippen molar-refractivity contribution < 1.29 is 0 Å². The Morgan fingerprint density at radius 2 is 1.76 bits per heavy atom. The molecule has 0 bridgehead atoms. The number of nitrogens with two attached hydrogens (primary N) is 1. The molecule has 1 atom stereocenters. The van der Waals surface area contributed by atoms with Crippen LogP contribution in [-0.4, -0.2) is 11.0 Å². The summed E-state index contributed by atoms with van der Waals surface area (Å²) in [6.45, 7) is 0. The summed E-state index contributed by atoms with van der Waals surface area (Å²) in [5, 5.41) is 0. The fraction of sp³-hybridized carbons (Fsp3) is 0.214. The molecule has 2 aromatic rings. The Morgan fingerprint density at radius 1 is 1.00 bits per heavy atom. The van der Waals surface area contributed by atoms with Crippen LogP contribution in [0.2, 0.25) is 0 Å². The van der Waals surface area contributed by atoms with Crippen molar-refractivity contribution in [2.24, 2.45) is 5.84 Å². The Kier molecular flexibility index (Phi) is 4.24. The maximum Gasteiger partial charge on any atom is 0.0419 e. The van der Waals surface area contributed by atoms with Gasteiger partial charge in [-0.3, -0.25) is 16.3 Å². The first-order chi connectivity index (χ1) is 8.38. The van der Waals surface area contributed by atoms with E-state index in [1.807, 2.05) is 42.6 Å². The molecule has 0 saturated heterocycles. The van der Waals surface area contributed by atoms with E-state index in [1.54, 1.807) is 0 Å².